The van der Waals surface area contributed by atoms with Gasteiger partial charge in [0.1, 0.15) is 0 Å². The molecule has 5 heteroatoms. The Hall–Kier alpha value is -0.260. The van der Waals surface area contributed by atoms with E-state index >= 15 is 0 Å². The van der Waals surface area contributed by atoms with Crippen LogP contribution in [0.3, 0.4) is 0 Å². The number of thioether (sulfide) groups is 1. The molecule has 4 nitrogen and oxygen atoms in total. The Morgan fingerprint density at radius 2 is 2.33 bits per heavy atom. The van der Waals surface area contributed by atoms with Crippen LogP contribution < -0.4 is 0 Å². The van der Waals surface area contributed by atoms with E-state index in [4.69, 9.17) is 0 Å². The minimum Gasteiger partial charge on any atom is -0.393 e. The summed E-state index contributed by atoms with van der Waals surface area (Å²) in [4.78, 5) is 16.3. The summed E-state index contributed by atoms with van der Waals surface area (Å²) < 4.78 is 0. The van der Waals surface area contributed by atoms with Gasteiger partial charge in [-0.1, -0.05) is 0 Å². The normalized spacial score (nSPS) is 30.1. The molecule has 2 heterocycles. The fourth-order valence-corrected chi connectivity index (χ4v) is 4.02. The molecule has 0 aromatic heterocycles. The molecule has 2 aliphatic heterocycles. The van der Waals surface area contributed by atoms with E-state index in [2.05, 4.69) is 11.9 Å². The van der Waals surface area contributed by atoms with E-state index in [-0.39, 0.29) is 17.9 Å². The molecule has 2 saturated heterocycles. The highest BCUT2D eigenvalue weighted by Crippen LogP contribution is 2.23. The first-order chi connectivity index (χ1) is 8.58. The average Bonchev–Trinajstić information content (AvgIpc) is 3.00. The summed E-state index contributed by atoms with van der Waals surface area (Å²) in [7, 11) is 2.05. The molecule has 18 heavy (non-hydrogen) atoms. The number of amides is 1. The van der Waals surface area contributed by atoms with Gasteiger partial charge in [0.05, 0.1) is 12.6 Å². The summed E-state index contributed by atoms with van der Waals surface area (Å²) in [5, 5.41) is 9.56. The van der Waals surface area contributed by atoms with Crippen molar-refractivity contribution < 1.29 is 9.90 Å². The number of likely N-dealkylation sites (N-methyl/N-ethyl adjacent to an activating group) is 1. The molecule has 3 atom stereocenters. The maximum Gasteiger partial charge on any atom is 0.236 e. The lowest BCUT2D eigenvalue weighted by Crippen LogP contribution is -2.42. The van der Waals surface area contributed by atoms with Gasteiger partial charge in [-0.2, -0.15) is 11.8 Å². The topological polar surface area (TPSA) is 43.8 Å². The fraction of sp³-hybridized carbons (Fsp3) is 0.923. The van der Waals surface area contributed by atoms with Crippen LogP contribution >= 0.6 is 11.8 Å². The van der Waals surface area contributed by atoms with E-state index in [1.807, 2.05) is 23.6 Å². The van der Waals surface area contributed by atoms with Gasteiger partial charge in [0, 0.05) is 30.8 Å². The second-order valence-electron chi connectivity index (χ2n) is 5.56. The van der Waals surface area contributed by atoms with E-state index < -0.39 is 0 Å². The van der Waals surface area contributed by atoms with Crippen molar-refractivity contribution in [3.8, 4) is 0 Å². The van der Waals surface area contributed by atoms with Crippen molar-refractivity contribution in [1.29, 1.82) is 0 Å². The zero-order valence-electron chi connectivity index (χ0n) is 11.3. The second kappa shape index (κ2) is 6.26. The summed E-state index contributed by atoms with van der Waals surface area (Å²) in [5.41, 5.74) is 0. The van der Waals surface area contributed by atoms with E-state index in [9.17, 15) is 9.90 Å². The first-order valence-corrected chi connectivity index (χ1v) is 7.97. The Kier molecular flexibility index (Phi) is 4.92. The maximum absolute atomic E-state index is 12.2. The van der Waals surface area contributed by atoms with Gasteiger partial charge in [0.2, 0.25) is 5.91 Å². The standard InChI is InChI=1S/C13H24N2O2S/c1-10(16)11-3-5-15(7-11)13(17)8-14(2)12-4-6-18-9-12/h10-12,16H,3-9H2,1-2H3. The molecule has 0 aliphatic carbocycles. The average molecular weight is 272 g/mol. The highest BCUT2D eigenvalue weighted by atomic mass is 32.2. The number of aliphatic hydroxyl groups excluding tert-OH is 1. The van der Waals surface area contributed by atoms with Crippen LogP contribution in [0.2, 0.25) is 0 Å². The summed E-state index contributed by atoms with van der Waals surface area (Å²) in [6, 6.07) is 0.564. The first-order valence-electron chi connectivity index (χ1n) is 6.81. The number of carbonyl (C=O) groups is 1. The number of rotatable bonds is 4. The van der Waals surface area contributed by atoms with Gasteiger partial charge in [-0.25, -0.2) is 0 Å². The van der Waals surface area contributed by atoms with Crippen LogP contribution in [0.4, 0.5) is 0 Å². The predicted octanol–water partition coefficient (Wildman–Crippen LogP) is 0.653. The quantitative estimate of drug-likeness (QED) is 0.816. The molecular formula is C13H24N2O2S. The largest absolute Gasteiger partial charge is 0.393 e. The molecule has 1 amide bonds. The monoisotopic (exact) mass is 272 g/mol. The third-order valence-electron chi connectivity index (χ3n) is 4.17. The Bertz CT molecular complexity index is 293. The Labute approximate surface area is 114 Å². The first kappa shape index (κ1) is 14.2. The Morgan fingerprint density at radius 1 is 1.56 bits per heavy atom. The van der Waals surface area contributed by atoms with Crippen LogP contribution in [-0.2, 0) is 4.79 Å². The summed E-state index contributed by atoms with van der Waals surface area (Å²) >= 11 is 1.97. The zero-order valence-corrected chi connectivity index (χ0v) is 12.2. The summed E-state index contributed by atoms with van der Waals surface area (Å²) in [6.45, 7) is 3.88. The summed E-state index contributed by atoms with van der Waals surface area (Å²) in [6.07, 6.45) is 1.84. The fourth-order valence-electron chi connectivity index (χ4n) is 2.72. The lowest BCUT2D eigenvalue weighted by Gasteiger charge is -2.26. The predicted molar refractivity (Wildman–Crippen MR) is 74.7 cm³/mol. The van der Waals surface area contributed by atoms with Crippen molar-refractivity contribution in [3.05, 3.63) is 0 Å². The highest BCUT2D eigenvalue weighted by Gasteiger charge is 2.30. The third kappa shape index (κ3) is 3.39. The zero-order chi connectivity index (χ0) is 13.1. The van der Waals surface area contributed by atoms with Crippen molar-refractivity contribution in [2.75, 3.05) is 38.2 Å². The Morgan fingerprint density at radius 3 is 2.89 bits per heavy atom. The van der Waals surface area contributed by atoms with Crippen molar-refractivity contribution >= 4 is 17.7 Å². The molecule has 0 spiro atoms. The number of nitrogens with zero attached hydrogens (tertiary/aromatic N) is 2. The molecule has 2 fully saturated rings. The molecule has 2 aliphatic rings. The smallest absolute Gasteiger partial charge is 0.236 e. The van der Waals surface area contributed by atoms with Gasteiger partial charge in [0.25, 0.3) is 0 Å². The second-order valence-corrected chi connectivity index (χ2v) is 6.71. The molecule has 1 N–H and O–H groups in total. The lowest BCUT2D eigenvalue weighted by molar-refractivity contribution is -0.131. The molecule has 3 unspecified atom stereocenters. The number of likely N-dealkylation sites (tertiary alicyclic amines) is 1. The number of carbonyl (C=O) groups excluding carboxylic acids is 1. The van der Waals surface area contributed by atoms with Crippen molar-refractivity contribution in [1.82, 2.24) is 9.80 Å². The molecule has 0 radical (unpaired) electrons. The molecule has 2 rings (SSSR count). The number of hydrogen-bond acceptors (Lipinski definition) is 4. The summed E-state index contributed by atoms with van der Waals surface area (Å²) in [5.74, 6) is 2.86. The van der Waals surface area contributed by atoms with Gasteiger partial charge in [-0.3, -0.25) is 9.69 Å². The van der Waals surface area contributed by atoms with Crippen LogP contribution in [0.1, 0.15) is 19.8 Å². The van der Waals surface area contributed by atoms with E-state index in [0.29, 0.717) is 12.6 Å². The van der Waals surface area contributed by atoms with Gasteiger partial charge in [0.15, 0.2) is 0 Å². The van der Waals surface area contributed by atoms with Crippen LogP contribution in [0, 0.1) is 5.92 Å². The van der Waals surface area contributed by atoms with E-state index in [1.54, 1.807) is 0 Å². The maximum atomic E-state index is 12.2. The number of aliphatic hydroxyl groups is 1. The van der Waals surface area contributed by atoms with Gasteiger partial charge in [-0.15, -0.1) is 0 Å². The van der Waals surface area contributed by atoms with Crippen molar-refractivity contribution in [2.45, 2.75) is 31.9 Å². The van der Waals surface area contributed by atoms with Crippen LogP contribution in [0.5, 0.6) is 0 Å². The Balaban J connectivity index is 1.78. The lowest BCUT2D eigenvalue weighted by atomic mass is 10.0. The molecule has 0 aromatic rings. The van der Waals surface area contributed by atoms with E-state index in [0.717, 1.165) is 25.3 Å². The third-order valence-corrected chi connectivity index (χ3v) is 5.32. The van der Waals surface area contributed by atoms with Crippen LogP contribution in [0.15, 0.2) is 0 Å². The van der Waals surface area contributed by atoms with Crippen molar-refractivity contribution in [2.24, 2.45) is 5.92 Å². The molecule has 0 saturated carbocycles. The molecule has 0 bridgehead atoms. The molecule has 0 aromatic carbocycles. The van der Waals surface area contributed by atoms with Crippen molar-refractivity contribution in [3.63, 3.8) is 0 Å². The van der Waals surface area contributed by atoms with Crippen LogP contribution in [-0.4, -0.2) is 71.1 Å². The van der Waals surface area contributed by atoms with Gasteiger partial charge in [-0.05, 0) is 32.6 Å². The molecule has 104 valence electrons. The number of hydrogen-bond donors (Lipinski definition) is 1. The SMILES string of the molecule is CC(O)C1CCN(C(=O)CN(C)C2CCSC2)C1. The minimum absolute atomic E-state index is 0.220. The van der Waals surface area contributed by atoms with E-state index in [1.165, 1.54) is 12.2 Å². The van der Waals surface area contributed by atoms with Gasteiger partial charge >= 0.3 is 0 Å². The highest BCUT2D eigenvalue weighted by molar-refractivity contribution is 7.99. The van der Waals surface area contributed by atoms with Gasteiger partial charge < -0.3 is 10.0 Å². The molecular weight excluding hydrogens is 248 g/mol. The minimum atomic E-state index is -0.299. The van der Waals surface area contributed by atoms with Crippen LogP contribution in [0.25, 0.3) is 0 Å².